The molecule has 0 aliphatic rings. The van der Waals surface area contributed by atoms with E-state index in [4.69, 9.17) is 0 Å². The molecular weight excluding hydrogens is 252 g/mol. The van der Waals surface area contributed by atoms with Crippen molar-refractivity contribution < 1.29 is 4.79 Å². The largest absolute Gasteiger partial charge is 0.333 e. The van der Waals surface area contributed by atoms with Crippen molar-refractivity contribution in [1.29, 1.82) is 0 Å². The minimum atomic E-state index is -0.261. The van der Waals surface area contributed by atoms with Gasteiger partial charge < -0.3 is 9.88 Å². The summed E-state index contributed by atoms with van der Waals surface area (Å²) < 4.78 is 0. The Morgan fingerprint density at radius 1 is 1.15 bits per heavy atom. The zero-order valence-electron chi connectivity index (χ0n) is 11.7. The van der Waals surface area contributed by atoms with Crippen molar-refractivity contribution in [3.63, 3.8) is 0 Å². The maximum atomic E-state index is 12.4. The second-order valence-corrected chi connectivity index (χ2v) is 4.67. The van der Waals surface area contributed by atoms with Crippen molar-refractivity contribution in [1.82, 2.24) is 9.88 Å². The van der Waals surface area contributed by atoms with Crippen LogP contribution in [0.25, 0.3) is 0 Å². The fourth-order valence-electron chi connectivity index (χ4n) is 2.06. The number of H-pyrrole nitrogens is 1. The average Bonchev–Trinajstić information content (AvgIpc) is 2.46. The van der Waals surface area contributed by atoms with Crippen LogP contribution in [0, 0.1) is 6.92 Å². The van der Waals surface area contributed by atoms with E-state index in [0.717, 1.165) is 11.1 Å². The van der Waals surface area contributed by atoms with Gasteiger partial charge >= 0.3 is 0 Å². The Kier molecular flexibility index (Phi) is 4.35. The molecule has 4 nitrogen and oxygen atoms in total. The Labute approximate surface area is 118 Å². The molecule has 1 aromatic carbocycles. The predicted molar refractivity (Wildman–Crippen MR) is 78.7 cm³/mol. The summed E-state index contributed by atoms with van der Waals surface area (Å²) in [5.74, 6) is -0.159. The molecule has 1 heterocycles. The summed E-state index contributed by atoms with van der Waals surface area (Å²) >= 11 is 0. The molecule has 0 unspecified atom stereocenters. The van der Waals surface area contributed by atoms with Gasteiger partial charge in [0.2, 0.25) is 5.56 Å². The van der Waals surface area contributed by atoms with E-state index in [1.165, 1.54) is 6.07 Å². The lowest BCUT2D eigenvalue weighted by Gasteiger charge is -2.21. The second-order valence-electron chi connectivity index (χ2n) is 4.67. The van der Waals surface area contributed by atoms with Crippen molar-refractivity contribution >= 4 is 5.91 Å². The van der Waals surface area contributed by atoms with Gasteiger partial charge in [0.1, 0.15) is 5.69 Å². The maximum Gasteiger partial charge on any atom is 0.270 e. The van der Waals surface area contributed by atoms with Crippen LogP contribution in [0.15, 0.2) is 47.3 Å². The molecule has 1 aromatic heterocycles. The molecule has 0 aliphatic carbocycles. The van der Waals surface area contributed by atoms with Crippen molar-refractivity contribution in [2.24, 2.45) is 0 Å². The fourth-order valence-corrected chi connectivity index (χ4v) is 2.06. The second kappa shape index (κ2) is 6.19. The first-order valence-corrected chi connectivity index (χ1v) is 6.65. The van der Waals surface area contributed by atoms with Crippen LogP contribution < -0.4 is 5.56 Å². The molecule has 0 radical (unpaired) electrons. The van der Waals surface area contributed by atoms with Gasteiger partial charge in [0.05, 0.1) is 0 Å². The van der Waals surface area contributed by atoms with E-state index in [1.54, 1.807) is 17.0 Å². The first-order chi connectivity index (χ1) is 9.61. The molecule has 2 aromatic rings. The van der Waals surface area contributed by atoms with Gasteiger partial charge in [-0.3, -0.25) is 9.59 Å². The third kappa shape index (κ3) is 3.15. The fraction of sp³-hybridized carbons (Fsp3) is 0.250. The van der Waals surface area contributed by atoms with Gasteiger partial charge in [-0.25, -0.2) is 0 Å². The van der Waals surface area contributed by atoms with Gasteiger partial charge in [-0.15, -0.1) is 0 Å². The molecule has 0 saturated heterocycles. The van der Waals surface area contributed by atoms with E-state index < -0.39 is 0 Å². The third-order valence-corrected chi connectivity index (χ3v) is 3.29. The average molecular weight is 270 g/mol. The van der Waals surface area contributed by atoms with Crippen LogP contribution in [0.1, 0.15) is 28.5 Å². The zero-order chi connectivity index (χ0) is 14.5. The van der Waals surface area contributed by atoms with Gasteiger partial charge in [-0.2, -0.15) is 0 Å². The lowest BCUT2D eigenvalue weighted by Crippen LogP contribution is -2.32. The van der Waals surface area contributed by atoms with Crippen LogP contribution in [0.2, 0.25) is 0 Å². The Morgan fingerprint density at radius 3 is 2.55 bits per heavy atom. The minimum Gasteiger partial charge on any atom is -0.333 e. The molecule has 0 aliphatic heterocycles. The number of aryl methyl sites for hydroxylation is 1. The van der Waals surface area contributed by atoms with E-state index in [2.05, 4.69) is 4.98 Å². The molecule has 0 saturated carbocycles. The number of benzene rings is 1. The lowest BCUT2D eigenvalue weighted by molar-refractivity contribution is 0.0746. The standard InChI is InChI=1S/C16H18N2O2/c1-3-18(11-13-8-5-4-7-12(13)2)16(20)14-9-6-10-15(19)17-14/h4-10H,3,11H2,1-2H3,(H,17,19). The zero-order valence-corrected chi connectivity index (χ0v) is 11.7. The summed E-state index contributed by atoms with van der Waals surface area (Å²) in [6.45, 7) is 5.08. The first kappa shape index (κ1) is 14.1. The third-order valence-electron chi connectivity index (χ3n) is 3.29. The number of carbonyl (C=O) groups is 1. The van der Waals surface area contributed by atoms with E-state index in [9.17, 15) is 9.59 Å². The minimum absolute atomic E-state index is 0.159. The molecule has 104 valence electrons. The van der Waals surface area contributed by atoms with Gasteiger partial charge in [-0.1, -0.05) is 30.3 Å². The SMILES string of the molecule is CCN(Cc1ccccc1C)C(=O)c1cccc(=O)[nH]1. The number of carbonyl (C=O) groups excluding carboxylic acids is 1. The Morgan fingerprint density at radius 2 is 1.90 bits per heavy atom. The molecule has 0 fully saturated rings. The number of rotatable bonds is 4. The number of hydrogen-bond acceptors (Lipinski definition) is 2. The van der Waals surface area contributed by atoms with E-state index in [-0.39, 0.29) is 11.5 Å². The molecular formula is C16H18N2O2. The smallest absolute Gasteiger partial charge is 0.270 e. The molecule has 0 atom stereocenters. The first-order valence-electron chi connectivity index (χ1n) is 6.65. The molecule has 2 rings (SSSR count). The summed E-state index contributed by atoms with van der Waals surface area (Å²) in [6.07, 6.45) is 0. The van der Waals surface area contributed by atoms with Crippen molar-refractivity contribution in [2.45, 2.75) is 20.4 Å². The molecule has 0 bridgehead atoms. The van der Waals surface area contributed by atoms with Crippen molar-refractivity contribution in [3.05, 3.63) is 69.6 Å². The van der Waals surface area contributed by atoms with Crippen molar-refractivity contribution in [2.75, 3.05) is 6.54 Å². The van der Waals surface area contributed by atoms with E-state index in [1.807, 2.05) is 38.1 Å². The number of hydrogen-bond donors (Lipinski definition) is 1. The number of amides is 1. The topological polar surface area (TPSA) is 53.2 Å². The Bertz CT molecular complexity index is 661. The lowest BCUT2D eigenvalue weighted by atomic mass is 10.1. The number of aromatic amines is 1. The number of aromatic nitrogens is 1. The Balaban J connectivity index is 2.22. The van der Waals surface area contributed by atoms with Crippen LogP contribution in [0.4, 0.5) is 0 Å². The van der Waals surface area contributed by atoms with Crippen LogP contribution in [0.3, 0.4) is 0 Å². The van der Waals surface area contributed by atoms with E-state index in [0.29, 0.717) is 18.8 Å². The van der Waals surface area contributed by atoms with Gasteiger partial charge in [-0.05, 0) is 31.0 Å². The van der Waals surface area contributed by atoms with Gasteiger partial charge in [0, 0.05) is 19.2 Å². The Hall–Kier alpha value is -2.36. The molecule has 1 amide bonds. The molecule has 20 heavy (non-hydrogen) atoms. The quantitative estimate of drug-likeness (QED) is 0.927. The normalized spacial score (nSPS) is 10.3. The van der Waals surface area contributed by atoms with Crippen LogP contribution in [0.5, 0.6) is 0 Å². The highest BCUT2D eigenvalue weighted by atomic mass is 16.2. The number of nitrogens with one attached hydrogen (secondary N) is 1. The summed E-state index contributed by atoms with van der Waals surface area (Å²) in [6, 6.07) is 12.6. The number of nitrogens with zero attached hydrogens (tertiary/aromatic N) is 1. The van der Waals surface area contributed by atoms with Crippen molar-refractivity contribution in [3.8, 4) is 0 Å². The van der Waals surface area contributed by atoms with Gasteiger partial charge in [0.15, 0.2) is 0 Å². The summed E-state index contributed by atoms with van der Waals surface area (Å²) in [4.78, 5) is 28.0. The summed E-state index contributed by atoms with van der Waals surface area (Å²) in [7, 11) is 0. The summed E-state index contributed by atoms with van der Waals surface area (Å²) in [5, 5.41) is 0. The van der Waals surface area contributed by atoms with Crippen LogP contribution >= 0.6 is 0 Å². The molecule has 0 spiro atoms. The highest BCUT2D eigenvalue weighted by molar-refractivity contribution is 5.92. The highest BCUT2D eigenvalue weighted by Crippen LogP contribution is 2.12. The molecule has 4 heteroatoms. The molecule has 1 N–H and O–H groups in total. The van der Waals surface area contributed by atoms with Crippen LogP contribution in [-0.2, 0) is 6.54 Å². The predicted octanol–water partition coefficient (Wildman–Crippen LogP) is 2.35. The summed E-state index contributed by atoms with van der Waals surface area (Å²) in [5.41, 5.74) is 2.33. The van der Waals surface area contributed by atoms with Crippen LogP contribution in [-0.4, -0.2) is 22.3 Å². The maximum absolute atomic E-state index is 12.4. The van der Waals surface area contributed by atoms with E-state index >= 15 is 0 Å². The van der Waals surface area contributed by atoms with Gasteiger partial charge in [0.25, 0.3) is 5.91 Å². The highest BCUT2D eigenvalue weighted by Gasteiger charge is 2.15. The number of pyridine rings is 1. The monoisotopic (exact) mass is 270 g/mol.